The lowest BCUT2D eigenvalue weighted by Gasteiger charge is -2.25. The minimum absolute atomic E-state index is 0.0762. The second kappa shape index (κ2) is 11.3. The first kappa shape index (κ1) is 24.9. The molecule has 0 fully saturated rings. The summed E-state index contributed by atoms with van der Waals surface area (Å²) >= 11 is 2.42. The number of halogens is 3. The van der Waals surface area contributed by atoms with Crippen LogP contribution in [0.3, 0.4) is 0 Å². The number of anilines is 1. The normalized spacial score (nSPS) is 15.3. The summed E-state index contributed by atoms with van der Waals surface area (Å²) in [5.41, 5.74) is 0.422. The highest BCUT2D eigenvalue weighted by Gasteiger charge is 2.30. The molecule has 0 aliphatic rings. The molecule has 0 aliphatic heterocycles. The monoisotopic (exact) mass is 471 g/mol. The first-order chi connectivity index (χ1) is 14.2. The predicted octanol–water partition coefficient (Wildman–Crippen LogP) is 1.50. The number of methoxy groups -OCH3 is 1. The second-order valence-electron chi connectivity index (χ2n) is 6.17. The van der Waals surface area contributed by atoms with Crippen LogP contribution in [0.25, 0.3) is 11.2 Å². The van der Waals surface area contributed by atoms with Crippen molar-refractivity contribution in [3.8, 4) is 0 Å². The topological polar surface area (TPSA) is 126 Å². The molecule has 30 heavy (non-hydrogen) atoms. The van der Waals surface area contributed by atoms with E-state index in [1.807, 2.05) is 6.26 Å². The summed E-state index contributed by atoms with van der Waals surface area (Å²) in [6.45, 7) is 0.00458. The molecule has 0 saturated heterocycles. The van der Waals surface area contributed by atoms with Gasteiger partial charge in [0.05, 0.1) is 19.4 Å². The Morgan fingerprint density at radius 2 is 2.00 bits per heavy atom. The number of hydrogen-bond acceptors (Lipinski definition) is 10. The lowest BCUT2D eigenvalue weighted by Crippen LogP contribution is -2.38. The smallest absolute Gasteiger partial charge is 0.389 e. The van der Waals surface area contributed by atoms with E-state index < -0.39 is 37.6 Å². The number of aromatic nitrogens is 4. The molecule has 170 valence electrons. The Bertz CT molecular complexity index is 807. The first-order valence-electron chi connectivity index (χ1n) is 8.88. The number of imidazole rings is 1. The maximum absolute atomic E-state index is 12.5. The van der Waals surface area contributed by atoms with Crippen LogP contribution < -0.4 is 5.32 Å². The molecule has 0 aromatic carbocycles. The first-order valence-corrected chi connectivity index (χ1v) is 11.3. The van der Waals surface area contributed by atoms with Crippen molar-refractivity contribution < 1.29 is 33.2 Å². The molecular formula is C16H24F3N5O4S2. The summed E-state index contributed by atoms with van der Waals surface area (Å²) in [4.78, 5) is 12.7. The van der Waals surface area contributed by atoms with Crippen molar-refractivity contribution in [2.75, 3.05) is 43.3 Å². The summed E-state index contributed by atoms with van der Waals surface area (Å²) in [6, 6.07) is 0. The van der Waals surface area contributed by atoms with Gasteiger partial charge in [0, 0.05) is 25.2 Å². The van der Waals surface area contributed by atoms with Crippen LogP contribution in [-0.2, 0) is 4.74 Å². The van der Waals surface area contributed by atoms with Gasteiger partial charge in [-0.25, -0.2) is 15.0 Å². The van der Waals surface area contributed by atoms with Gasteiger partial charge in [-0.1, -0.05) is 11.8 Å². The van der Waals surface area contributed by atoms with E-state index in [4.69, 9.17) is 4.74 Å². The fourth-order valence-electron chi connectivity index (χ4n) is 2.49. The predicted molar refractivity (Wildman–Crippen MR) is 109 cm³/mol. The van der Waals surface area contributed by atoms with Crippen molar-refractivity contribution in [3.63, 3.8) is 0 Å². The molecule has 9 nitrogen and oxygen atoms in total. The quantitative estimate of drug-likeness (QED) is 0.206. The van der Waals surface area contributed by atoms with E-state index in [-0.39, 0.29) is 16.6 Å². The third kappa shape index (κ3) is 6.59. The van der Waals surface area contributed by atoms with E-state index in [0.717, 1.165) is 22.1 Å². The van der Waals surface area contributed by atoms with Crippen molar-refractivity contribution in [3.05, 3.63) is 6.33 Å². The standard InChI is InChI=1S/C16H24F3N5O4S2/c1-28-9(7-25)11(26)14(27)24-8-21-10-12(20-4-6-29-2)22-15(23-13(10)24)30-5-3-16(17,18)19/h8-9,11,14,25-27H,3-7H2,1-2H3,(H,20,22,23)/t9?,11?,14-/m0/s1. The van der Waals surface area contributed by atoms with Gasteiger partial charge in [-0.3, -0.25) is 4.57 Å². The van der Waals surface area contributed by atoms with Crippen molar-refractivity contribution in [2.45, 2.75) is 36.2 Å². The molecular weight excluding hydrogens is 447 g/mol. The van der Waals surface area contributed by atoms with Gasteiger partial charge >= 0.3 is 6.18 Å². The van der Waals surface area contributed by atoms with E-state index in [2.05, 4.69) is 20.3 Å². The molecule has 2 aromatic heterocycles. The zero-order valence-corrected chi connectivity index (χ0v) is 18.0. The van der Waals surface area contributed by atoms with Crippen LogP contribution in [0.2, 0.25) is 0 Å². The van der Waals surface area contributed by atoms with Crippen LogP contribution in [-0.4, -0.2) is 91.2 Å². The van der Waals surface area contributed by atoms with Crippen molar-refractivity contribution in [2.24, 2.45) is 0 Å². The van der Waals surface area contributed by atoms with Crippen LogP contribution in [0.1, 0.15) is 12.6 Å². The summed E-state index contributed by atoms with van der Waals surface area (Å²) < 4.78 is 43.5. The Hall–Kier alpha value is -1.32. The van der Waals surface area contributed by atoms with E-state index in [1.165, 1.54) is 13.4 Å². The molecule has 0 radical (unpaired) electrons. The summed E-state index contributed by atoms with van der Waals surface area (Å²) in [5, 5.41) is 33.2. The largest absolute Gasteiger partial charge is 0.394 e. The number of ether oxygens (including phenoxy) is 1. The maximum Gasteiger partial charge on any atom is 0.389 e. The van der Waals surface area contributed by atoms with Crippen LogP contribution in [0.15, 0.2) is 11.5 Å². The molecule has 3 atom stereocenters. The van der Waals surface area contributed by atoms with Crippen LogP contribution in [0, 0.1) is 0 Å². The number of nitrogens with zero attached hydrogens (tertiary/aromatic N) is 4. The van der Waals surface area contributed by atoms with E-state index in [1.54, 1.807) is 11.8 Å². The van der Waals surface area contributed by atoms with Gasteiger partial charge in [-0.2, -0.15) is 24.9 Å². The van der Waals surface area contributed by atoms with Gasteiger partial charge in [-0.05, 0) is 6.26 Å². The number of aliphatic hydroxyl groups excluding tert-OH is 3. The van der Waals surface area contributed by atoms with Gasteiger partial charge in [0.2, 0.25) is 0 Å². The maximum atomic E-state index is 12.5. The molecule has 2 aromatic rings. The van der Waals surface area contributed by atoms with Gasteiger partial charge in [0.1, 0.15) is 12.2 Å². The summed E-state index contributed by atoms with van der Waals surface area (Å²) in [6.07, 6.45) is -6.25. The number of thioether (sulfide) groups is 2. The minimum Gasteiger partial charge on any atom is -0.394 e. The lowest BCUT2D eigenvalue weighted by molar-refractivity contribution is -0.129. The Balaban J connectivity index is 2.37. The highest BCUT2D eigenvalue weighted by atomic mass is 32.2. The van der Waals surface area contributed by atoms with Crippen LogP contribution >= 0.6 is 23.5 Å². The van der Waals surface area contributed by atoms with E-state index >= 15 is 0 Å². The van der Waals surface area contributed by atoms with Gasteiger partial charge in [0.25, 0.3) is 0 Å². The Labute approximate surface area is 179 Å². The number of alkyl halides is 3. The highest BCUT2D eigenvalue weighted by Crippen LogP contribution is 2.29. The summed E-state index contributed by atoms with van der Waals surface area (Å²) in [5.74, 6) is 0.805. The third-order valence-corrected chi connectivity index (χ3v) is 5.53. The fourth-order valence-corrected chi connectivity index (χ4v) is 3.62. The zero-order valence-electron chi connectivity index (χ0n) is 16.3. The van der Waals surface area contributed by atoms with Gasteiger partial charge in [0.15, 0.2) is 28.4 Å². The van der Waals surface area contributed by atoms with Gasteiger partial charge < -0.3 is 25.4 Å². The Morgan fingerprint density at radius 3 is 2.60 bits per heavy atom. The number of hydrogen-bond donors (Lipinski definition) is 4. The molecule has 2 rings (SSSR count). The molecule has 4 N–H and O–H groups in total. The molecule has 0 bridgehead atoms. The molecule has 0 aliphatic carbocycles. The molecule has 0 saturated carbocycles. The highest BCUT2D eigenvalue weighted by molar-refractivity contribution is 7.99. The van der Waals surface area contributed by atoms with Crippen LogP contribution in [0.5, 0.6) is 0 Å². The molecule has 14 heteroatoms. The van der Waals surface area contributed by atoms with E-state index in [0.29, 0.717) is 17.9 Å². The van der Waals surface area contributed by atoms with Crippen molar-refractivity contribution in [1.82, 2.24) is 19.5 Å². The number of nitrogens with one attached hydrogen (secondary N) is 1. The number of rotatable bonds is 12. The lowest BCUT2D eigenvalue weighted by atomic mass is 10.2. The number of fused-ring (bicyclic) bond motifs is 1. The van der Waals surface area contributed by atoms with Crippen molar-refractivity contribution >= 4 is 40.5 Å². The third-order valence-electron chi connectivity index (χ3n) is 4.07. The molecule has 2 heterocycles. The van der Waals surface area contributed by atoms with Crippen molar-refractivity contribution in [1.29, 1.82) is 0 Å². The number of aliphatic hydroxyl groups is 3. The SMILES string of the molecule is COC(CO)C(O)[C@H](O)n1cnc2c(NCCSC)nc(SCCC(F)(F)F)nc21. The second-order valence-corrected chi connectivity index (χ2v) is 8.22. The molecule has 0 spiro atoms. The molecule has 0 amide bonds. The Morgan fingerprint density at radius 1 is 1.27 bits per heavy atom. The van der Waals surface area contributed by atoms with Gasteiger partial charge in [-0.15, -0.1) is 0 Å². The average molecular weight is 472 g/mol. The fraction of sp³-hybridized carbons (Fsp3) is 0.688. The Kier molecular flexibility index (Phi) is 9.43. The zero-order chi connectivity index (χ0) is 22.3. The van der Waals surface area contributed by atoms with E-state index in [9.17, 15) is 28.5 Å². The van der Waals surface area contributed by atoms with Crippen LogP contribution in [0.4, 0.5) is 19.0 Å². The molecule has 2 unspecified atom stereocenters. The summed E-state index contributed by atoms with van der Waals surface area (Å²) in [7, 11) is 1.27. The average Bonchev–Trinajstić information content (AvgIpc) is 3.11. The minimum atomic E-state index is -4.29.